The molecule has 0 unspecified atom stereocenters. The third-order valence-electron chi connectivity index (χ3n) is 1.91. The second-order valence-electron chi connectivity index (χ2n) is 2.84. The lowest BCUT2D eigenvalue weighted by atomic mass is 10.1. The van der Waals surface area contributed by atoms with Gasteiger partial charge in [-0.05, 0) is 24.3 Å². The van der Waals surface area contributed by atoms with Gasteiger partial charge in [0.15, 0.2) is 12.0 Å². The summed E-state index contributed by atoms with van der Waals surface area (Å²) in [5.41, 5.74) is 0.584. The van der Waals surface area contributed by atoms with Gasteiger partial charge in [-0.15, -0.1) is 0 Å². The number of hydrogen-bond acceptors (Lipinski definition) is 3. The van der Waals surface area contributed by atoms with Gasteiger partial charge in [0.1, 0.15) is 11.5 Å². The average molecular weight is 188 g/mol. The molecular weight excluding hydrogens is 180 g/mol. The van der Waals surface area contributed by atoms with Crippen LogP contribution in [0, 0.1) is 0 Å². The Bertz CT molecular complexity index is 457. The van der Waals surface area contributed by atoms with Gasteiger partial charge in [0.05, 0.1) is 5.56 Å². The van der Waals surface area contributed by atoms with Crippen LogP contribution in [0.15, 0.2) is 40.8 Å². The Morgan fingerprint density at radius 2 is 1.93 bits per heavy atom. The molecule has 0 saturated heterocycles. The minimum absolute atomic E-state index is 0.138. The number of rotatable bonds is 2. The molecule has 1 heterocycles. The summed E-state index contributed by atoms with van der Waals surface area (Å²) in [6, 6.07) is 10.0. The molecule has 70 valence electrons. The Balaban J connectivity index is 2.49. The second-order valence-corrected chi connectivity index (χ2v) is 2.84. The molecule has 0 fully saturated rings. The van der Waals surface area contributed by atoms with Crippen molar-refractivity contribution in [1.29, 1.82) is 0 Å². The first-order valence-corrected chi connectivity index (χ1v) is 4.14. The fourth-order valence-corrected chi connectivity index (χ4v) is 1.24. The molecule has 0 aliphatic carbocycles. The maximum absolute atomic E-state index is 10.4. The molecule has 0 spiro atoms. The highest BCUT2D eigenvalue weighted by molar-refractivity contribution is 5.74. The van der Waals surface area contributed by atoms with E-state index in [-0.39, 0.29) is 11.5 Å². The van der Waals surface area contributed by atoms with Crippen molar-refractivity contribution >= 4 is 6.29 Å². The van der Waals surface area contributed by atoms with Crippen molar-refractivity contribution < 1.29 is 14.3 Å². The van der Waals surface area contributed by atoms with Crippen LogP contribution < -0.4 is 0 Å². The Morgan fingerprint density at radius 3 is 2.57 bits per heavy atom. The molecule has 1 N–H and O–H groups in total. The van der Waals surface area contributed by atoms with Gasteiger partial charge in [0.25, 0.3) is 0 Å². The molecule has 3 heteroatoms. The van der Waals surface area contributed by atoms with E-state index in [1.54, 1.807) is 36.4 Å². The Kier molecular flexibility index (Phi) is 2.07. The van der Waals surface area contributed by atoms with Crippen LogP contribution >= 0.6 is 0 Å². The molecule has 0 amide bonds. The molecule has 3 nitrogen and oxygen atoms in total. The Labute approximate surface area is 80.6 Å². The maximum Gasteiger partial charge on any atom is 0.185 e. The molecule has 0 bridgehead atoms. The first-order valence-electron chi connectivity index (χ1n) is 4.14. The fraction of sp³-hybridized carbons (Fsp3) is 0. The van der Waals surface area contributed by atoms with E-state index in [0.29, 0.717) is 17.6 Å². The summed E-state index contributed by atoms with van der Waals surface area (Å²) in [6.45, 7) is 0. The summed E-state index contributed by atoms with van der Waals surface area (Å²) in [6.07, 6.45) is 0.628. The van der Waals surface area contributed by atoms with Crippen LogP contribution in [0.25, 0.3) is 11.3 Å². The molecule has 1 aromatic heterocycles. The van der Waals surface area contributed by atoms with Gasteiger partial charge in [0, 0.05) is 0 Å². The van der Waals surface area contributed by atoms with E-state index in [1.165, 1.54) is 0 Å². The number of aldehydes is 1. The predicted molar refractivity (Wildman–Crippen MR) is 51.2 cm³/mol. The number of benzene rings is 1. The van der Waals surface area contributed by atoms with Crippen molar-refractivity contribution in [3.05, 3.63) is 42.2 Å². The second kappa shape index (κ2) is 3.38. The van der Waals surface area contributed by atoms with E-state index in [1.807, 2.05) is 0 Å². The van der Waals surface area contributed by atoms with Crippen LogP contribution in [-0.2, 0) is 0 Å². The van der Waals surface area contributed by atoms with Gasteiger partial charge in [-0.25, -0.2) is 0 Å². The minimum Gasteiger partial charge on any atom is -0.507 e. The van der Waals surface area contributed by atoms with Crippen LogP contribution in [0.2, 0.25) is 0 Å². The van der Waals surface area contributed by atoms with Crippen molar-refractivity contribution in [3.63, 3.8) is 0 Å². The van der Waals surface area contributed by atoms with E-state index < -0.39 is 0 Å². The van der Waals surface area contributed by atoms with Crippen molar-refractivity contribution in [2.45, 2.75) is 0 Å². The van der Waals surface area contributed by atoms with E-state index in [9.17, 15) is 9.90 Å². The van der Waals surface area contributed by atoms with Crippen molar-refractivity contribution in [2.24, 2.45) is 0 Å². The maximum atomic E-state index is 10.4. The first kappa shape index (κ1) is 8.56. The Morgan fingerprint density at radius 1 is 1.14 bits per heavy atom. The number of phenols is 1. The van der Waals surface area contributed by atoms with E-state index >= 15 is 0 Å². The molecule has 2 aromatic rings. The lowest BCUT2D eigenvalue weighted by Crippen LogP contribution is -1.74. The number of para-hydroxylation sites is 1. The summed E-state index contributed by atoms with van der Waals surface area (Å²) < 4.78 is 5.17. The van der Waals surface area contributed by atoms with E-state index in [2.05, 4.69) is 0 Å². The Hall–Kier alpha value is -2.03. The topological polar surface area (TPSA) is 50.4 Å². The van der Waals surface area contributed by atoms with Crippen LogP contribution in [0.5, 0.6) is 5.75 Å². The minimum atomic E-state index is 0.138. The molecule has 0 radical (unpaired) electrons. The number of carbonyl (C=O) groups is 1. The molecule has 2 rings (SSSR count). The standard InChI is InChI=1S/C11H8O3/c12-7-8-5-6-11(14-8)9-3-1-2-4-10(9)13/h1-7,13H. The zero-order chi connectivity index (χ0) is 9.97. The van der Waals surface area contributed by atoms with Gasteiger partial charge in [-0.1, -0.05) is 12.1 Å². The van der Waals surface area contributed by atoms with Crippen molar-refractivity contribution in [2.75, 3.05) is 0 Å². The summed E-state index contributed by atoms with van der Waals surface area (Å²) in [5.74, 6) is 0.882. The molecule has 0 atom stereocenters. The van der Waals surface area contributed by atoms with Crippen LogP contribution in [0.1, 0.15) is 10.6 Å². The third-order valence-corrected chi connectivity index (χ3v) is 1.91. The number of hydrogen-bond donors (Lipinski definition) is 1. The van der Waals surface area contributed by atoms with Gasteiger partial charge in [-0.2, -0.15) is 0 Å². The SMILES string of the molecule is O=Cc1ccc(-c2ccccc2O)o1. The summed E-state index contributed by atoms with van der Waals surface area (Å²) in [4.78, 5) is 10.4. The molecule has 1 aromatic carbocycles. The largest absolute Gasteiger partial charge is 0.507 e. The van der Waals surface area contributed by atoms with Crippen molar-refractivity contribution in [1.82, 2.24) is 0 Å². The summed E-state index contributed by atoms with van der Waals surface area (Å²) >= 11 is 0. The number of carbonyl (C=O) groups excluding carboxylic acids is 1. The fourth-order valence-electron chi connectivity index (χ4n) is 1.24. The highest BCUT2D eigenvalue weighted by Crippen LogP contribution is 2.29. The monoisotopic (exact) mass is 188 g/mol. The zero-order valence-corrected chi connectivity index (χ0v) is 7.31. The lowest BCUT2D eigenvalue weighted by molar-refractivity contribution is 0.110. The molecule has 14 heavy (non-hydrogen) atoms. The molecular formula is C11H8O3. The summed E-state index contributed by atoms with van der Waals surface area (Å²) in [7, 11) is 0. The molecule has 0 aliphatic heterocycles. The van der Waals surface area contributed by atoms with Gasteiger partial charge < -0.3 is 9.52 Å². The van der Waals surface area contributed by atoms with Crippen LogP contribution in [-0.4, -0.2) is 11.4 Å². The number of furan rings is 1. The number of phenolic OH excluding ortho intramolecular Hbond substituents is 1. The quantitative estimate of drug-likeness (QED) is 0.736. The zero-order valence-electron chi connectivity index (χ0n) is 7.31. The van der Waals surface area contributed by atoms with E-state index in [0.717, 1.165) is 0 Å². The summed E-state index contributed by atoms with van der Waals surface area (Å²) in [5, 5.41) is 9.50. The van der Waals surface area contributed by atoms with Crippen molar-refractivity contribution in [3.8, 4) is 17.1 Å². The highest BCUT2D eigenvalue weighted by atomic mass is 16.3. The number of aromatic hydroxyl groups is 1. The molecule has 0 aliphatic rings. The van der Waals surface area contributed by atoms with Gasteiger partial charge in [-0.3, -0.25) is 4.79 Å². The molecule has 0 saturated carbocycles. The van der Waals surface area contributed by atoms with E-state index in [4.69, 9.17) is 4.42 Å². The smallest absolute Gasteiger partial charge is 0.185 e. The van der Waals surface area contributed by atoms with Gasteiger partial charge >= 0.3 is 0 Å². The predicted octanol–water partition coefficient (Wildman–Crippen LogP) is 2.46. The third kappa shape index (κ3) is 1.40. The normalized spacial score (nSPS) is 10.0. The first-order chi connectivity index (χ1) is 6.81. The highest BCUT2D eigenvalue weighted by Gasteiger charge is 2.07. The van der Waals surface area contributed by atoms with Crippen LogP contribution in [0.4, 0.5) is 0 Å². The lowest BCUT2D eigenvalue weighted by Gasteiger charge is -1.98. The van der Waals surface area contributed by atoms with Gasteiger partial charge in [0.2, 0.25) is 0 Å². The van der Waals surface area contributed by atoms with Crippen LogP contribution in [0.3, 0.4) is 0 Å². The average Bonchev–Trinajstić information content (AvgIpc) is 2.67.